The fourth-order valence-electron chi connectivity index (χ4n) is 3.87. The van der Waals surface area contributed by atoms with Gasteiger partial charge < -0.3 is 15.0 Å². The van der Waals surface area contributed by atoms with E-state index in [0.29, 0.717) is 17.0 Å². The highest BCUT2D eigenvalue weighted by atomic mass is 32.2. The van der Waals surface area contributed by atoms with E-state index in [1.54, 1.807) is 19.0 Å². The molecule has 11 heteroatoms. The number of nitro benzene ring substituents is 1. The van der Waals surface area contributed by atoms with Crippen LogP contribution in [0.5, 0.6) is 0 Å². The zero-order valence-corrected chi connectivity index (χ0v) is 20.0. The fraction of sp³-hybridized carbons (Fsp3) is 0.292. The Hall–Kier alpha value is -3.86. The van der Waals surface area contributed by atoms with Gasteiger partial charge in [0, 0.05) is 32.0 Å². The number of hydrogen-bond acceptors (Lipinski definition) is 8. The van der Waals surface area contributed by atoms with Crippen molar-refractivity contribution < 1.29 is 24.0 Å². The molecule has 2 heterocycles. The summed E-state index contributed by atoms with van der Waals surface area (Å²) in [7, 11) is 3.56. The molecule has 1 unspecified atom stereocenters. The van der Waals surface area contributed by atoms with Crippen LogP contribution in [-0.2, 0) is 32.1 Å². The Balaban J connectivity index is 1.44. The van der Waals surface area contributed by atoms with Gasteiger partial charge in [-0.05, 0) is 23.3 Å². The van der Waals surface area contributed by atoms with Crippen molar-refractivity contribution in [1.82, 2.24) is 15.1 Å². The van der Waals surface area contributed by atoms with Crippen LogP contribution in [0.2, 0.25) is 0 Å². The summed E-state index contributed by atoms with van der Waals surface area (Å²) in [6.45, 7) is -0.0991. The molecule has 0 aliphatic carbocycles. The van der Waals surface area contributed by atoms with Gasteiger partial charge in [0.1, 0.15) is 18.0 Å². The van der Waals surface area contributed by atoms with Gasteiger partial charge >= 0.3 is 5.97 Å². The number of nitro groups is 1. The number of carbonyl (C=O) groups excluding carboxylic acids is 3. The van der Waals surface area contributed by atoms with E-state index in [2.05, 4.69) is 5.32 Å². The first kappa shape index (κ1) is 24.3. The van der Waals surface area contributed by atoms with E-state index < -0.39 is 22.3 Å². The number of thioether (sulfide) groups is 1. The van der Waals surface area contributed by atoms with Gasteiger partial charge in [-0.15, -0.1) is 11.8 Å². The summed E-state index contributed by atoms with van der Waals surface area (Å²) in [5, 5.41) is 13.2. The van der Waals surface area contributed by atoms with Crippen LogP contribution in [0.1, 0.15) is 11.1 Å². The molecule has 1 fully saturated rings. The van der Waals surface area contributed by atoms with Gasteiger partial charge in [0.15, 0.2) is 5.70 Å². The molecule has 0 bridgehead atoms. The molecule has 10 nitrogen and oxygen atoms in total. The van der Waals surface area contributed by atoms with Gasteiger partial charge in [-0.3, -0.25) is 24.6 Å². The number of amides is 2. The lowest BCUT2D eigenvalue weighted by molar-refractivity contribution is -0.384. The van der Waals surface area contributed by atoms with Crippen molar-refractivity contribution in [1.29, 1.82) is 0 Å². The molecule has 0 radical (unpaired) electrons. The lowest BCUT2D eigenvalue weighted by atomic mass is 10.0. The molecule has 2 aromatic rings. The summed E-state index contributed by atoms with van der Waals surface area (Å²) in [4.78, 5) is 52.0. The molecule has 35 heavy (non-hydrogen) atoms. The number of rotatable bonds is 8. The van der Waals surface area contributed by atoms with Crippen molar-refractivity contribution in [2.45, 2.75) is 24.4 Å². The van der Waals surface area contributed by atoms with E-state index in [-0.39, 0.29) is 36.2 Å². The Morgan fingerprint density at radius 2 is 1.83 bits per heavy atom. The molecular formula is C24H24N4O6S. The van der Waals surface area contributed by atoms with Crippen molar-refractivity contribution >= 4 is 35.2 Å². The largest absolute Gasteiger partial charge is 0.456 e. The lowest BCUT2D eigenvalue weighted by Gasteiger charge is -2.50. The number of esters is 1. The summed E-state index contributed by atoms with van der Waals surface area (Å²) >= 11 is 1.47. The van der Waals surface area contributed by atoms with Gasteiger partial charge in [0.25, 0.3) is 11.6 Å². The second-order valence-electron chi connectivity index (χ2n) is 8.31. The zero-order chi connectivity index (χ0) is 25.1. The SMILES string of the molecule is CN(C)C1=C(C(=O)OCc2ccc([N+](=O)[O-])cc2)N2C(=O)C(NC(=O)Cc3ccccc3)[C@H]2SC1. The Bertz CT molecular complexity index is 1180. The summed E-state index contributed by atoms with van der Waals surface area (Å²) in [5.74, 6) is -0.835. The number of ether oxygens (including phenoxy) is 1. The minimum atomic E-state index is -0.725. The molecule has 182 valence electrons. The van der Waals surface area contributed by atoms with Gasteiger partial charge in [-0.25, -0.2) is 4.79 Å². The lowest BCUT2D eigenvalue weighted by Crippen LogP contribution is -2.71. The molecule has 2 aliphatic rings. The van der Waals surface area contributed by atoms with E-state index in [9.17, 15) is 24.5 Å². The summed E-state index contributed by atoms with van der Waals surface area (Å²) < 4.78 is 5.46. The molecule has 2 amide bonds. The van der Waals surface area contributed by atoms with Crippen molar-refractivity contribution in [3.05, 3.63) is 87.2 Å². The third-order valence-corrected chi connectivity index (χ3v) is 6.99. The molecule has 2 atom stereocenters. The van der Waals surface area contributed by atoms with Crippen molar-refractivity contribution in [3.8, 4) is 0 Å². The van der Waals surface area contributed by atoms with Gasteiger partial charge in [-0.1, -0.05) is 30.3 Å². The molecule has 2 aliphatic heterocycles. The minimum Gasteiger partial charge on any atom is -0.456 e. The summed E-state index contributed by atoms with van der Waals surface area (Å²) in [5.41, 5.74) is 2.16. The van der Waals surface area contributed by atoms with E-state index >= 15 is 0 Å². The Labute approximate surface area is 206 Å². The fourth-order valence-corrected chi connectivity index (χ4v) is 5.33. The van der Waals surface area contributed by atoms with Crippen LogP contribution in [0.3, 0.4) is 0 Å². The molecule has 0 saturated carbocycles. The second kappa shape index (κ2) is 10.2. The smallest absolute Gasteiger partial charge is 0.357 e. The van der Waals surface area contributed by atoms with Crippen LogP contribution < -0.4 is 5.32 Å². The minimum absolute atomic E-state index is 0.0589. The number of carbonyl (C=O) groups is 3. The number of benzene rings is 2. The highest BCUT2D eigenvalue weighted by Gasteiger charge is 2.54. The summed E-state index contributed by atoms with van der Waals surface area (Å²) in [6, 6.07) is 14.2. The number of β-lactam (4-membered cyclic amide) rings is 1. The molecule has 0 spiro atoms. The topological polar surface area (TPSA) is 122 Å². The van der Waals surface area contributed by atoms with Crippen LogP contribution in [-0.4, -0.2) is 63.8 Å². The highest BCUT2D eigenvalue weighted by Crippen LogP contribution is 2.41. The van der Waals surface area contributed by atoms with Crippen molar-refractivity contribution in [2.75, 3.05) is 19.8 Å². The number of nitrogens with zero attached hydrogens (tertiary/aromatic N) is 3. The van der Waals surface area contributed by atoms with Crippen LogP contribution in [0.4, 0.5) is 5.69 Å². The molecule has 1 saturated heterocycles. The van der Waals surface area contributed by atoms with E-state index in [0.717, 1.165) is 5.56 Å². The Morgan fingerprint density at radius 3 is 2.46 bits per heavy atom. The van der Waals surface area contributed by atoms with Crippen LogP contribution in [0.15, 0.2) is 66.0 Å². The molecule has 0 aromatic heterocycles. The second-order valence-corrected chi connectivity index (χ2v) is 9.41. The molecule has 1 N–H and O–H groups in total. The predicted octanol–water partition coefficient (Wildman–Crippen LogP) is 2.05. The van der Waals surface area contributed by atoms with Crippen molar-refractivity contribution in [3.63, 3.8) is 0 Å². The third-order valence-electron chi connectivity index (χ3n) is 5.72. The first-order valence-corrected chi connectivity index (χ1v) is 11.9. The molecule has 4 rings (SSSR count). The molecule has 2 aromatic carbocycles. The first-order chi connectivity index (χ1) is 16.8. The maximum atomic E-state index is 13.1. The molecular weight excluding hydrogens is 472 g/mol. The number of fused-ring (bicyclic) bond motifs is 1. The Kier molecular flexibility index (Phi) is 7.06. The normalized spacial score (nSPS) is 18.9. The van der Waals surface area contributed by atoms with Gasteiger partial charge in [-0.2, -0.15) is 0 Å². The van der Waals surface area contributed by atoms with E-state index in [1.165, 1.54) is 40.9 Å². The monoisotopic (exact) mass is 496 g/mol. The third kappa shape index (κ3) is 5.14. The standard InChI is InChI=1S/C24H24N4O6S/c1-26(2)18-14-35-23-20(25-19(29)12-15-6-4-3-5-7-15)22(30)27(23)21(18)24(31)34-13-16-8-10-17(11-9-16)28(32)33/h3-11,20,23H,12-14H2,1-2H3,(H,25,29)/t20?,23-/m1/s1. The first-order valence-electron chi connectivity index (χ1n) is 10.8. The maximum absolute atomic E-state index is 13.1. The number of hydrogen-bond donors (Lipinski definition) is 1. The predicted molar refractivity (Wildman–Crippen MR) is 129 cm³/mol. The van der Waals surface area contributed by atoms with Crippen molar-refractivity contribution in [2.24, 2.45) is 0 Å². The zero-order valence-electron chi connectivity index (χ0n) is 19.2. The Morgan fingerprint density at radius 1 is 1.14 bits per heavy atom. The number of non-ortho nitro benzene ring substituents is 1. The average Bonchev–Trinajstić information content (AvgIpc) is 2.85. The van der Waals surface area contributed by atoms with E-state index in [4.69, 9.17) is 4.74 Å². The number of nitrogens with one attached hydrogen (secondary N) is 1. The summed E-state index contributed by atoms with van der Waals surface area (Å²) in [6.07, 6.45) is 0.158. The van der Waals surface area contributed by atoms with Gasteiger partial charge in [0.2, 0.25) is 5.91 Å². The van der Waals surface area contributed by atoms with Crippen LogP contribution >= 0.6 is 11.8 Å². The van der Waals surface area contributed by atoms with Crippen LogP contribution in [0.25, 0.3) is 0 Å². The maximum Gasteiger partial charge on any atom is 0.357 e. The van der Waals surface area contributed by atoms with E-state index in [1.807, 2.05) is 30.3 Å². The van der Waals surface area contributed by atoms with Gasteiger partial charge in [0.05, 0.1) is 17.0 Å². The average molecular weight is 497 g/mol. The quantitative estimate of drug-likeness (QED) is 0.255. The van der Waals surface area contributed by atoms with Crippen LogP contribution in [0, 0.1) is 10.1 Å². The highest BCUT2D eigenvalue weighted by molar-refractivity contribution is 8.00.